The van der Waals surface area contributed by atoms with Gasteiger partial charge in [-0.3, -0.25) is 4.79 Å². The summed E-state index contributed by atoms with van der Waals surface area (Å²) in [7, 11) is -3.76. The summed E-state index contributed by atoms with van der Waals surface area (Å²) >= 11 is 0. The van der Waals surface area contributed by atoms with Crippen molar-refractivity contribution >= 4 is 16.3 Å². The zero-order valence-electron chi connectivity index (χ0n) is 16.5. The second-order valence-electron chi connectivity index (χ2n) is 7.56. The van der Waals surface area contributed by atoms with Crippen molar-refractivity contribution in [2.45, 2.75) is 57.0 Å². The van der Waals surface area contributed by atoms with Gasteiger partial charge in [-0.05, 0) is 66.5 Å². The Labute approximate surface area is 166 Å². The lowest BCUT2D eigenvalue weighted by Gasteiger charge is -2.25. The molecule has 0 bridgehead atoms. The predicted molar refractivity (Wildman–Crippen MR) is 110 cm³/mol. The van der Waals surface area contributed by atoms with Crippen molar-refractivity contribution in [3.05, 3.63) is 59.3 Å². The fourth-order valence-corrected chi connectivity index (χ4v) is 4.70. The Morgan fingerprint density at radius 3 is 2.61 bits per heavy atom. The molecule has 1 aliphatic carbocycles. The van der Waals surface area contributed by atoms with Gasteiger partial charge in [-0.15, -0.1) is 0 Å². The Kier molecular flexibility index (Phi) is 6.10. The van der Waals surface area contributed by atoms with Crippen molar-refractivity contribution in [1.82, 2.24) is 9.71 Å². The number of carbonyl (C=O) groups is 1. The average molecular weight is 399 g/mol. The molecule has 2 aromatic rings. The third-order valence-electron chi connectivity index (χ3n) is 5.31. The number of nitrogens with zero attached hydrogens (tertiary/aromatic N) is 1. The van der Waals surface area contributed by atoms with Gasteiger partial charge in [-0.25, -0.2) is 18.1 Å². The molecule has 1 aromatic carbocycles. The molecule has 0 aliphatic heterocycles. The lowest BCUT2D eigenvalue weighted by Crippen LogP contribution is -2.38. The summed E-state index contributed by atoms with van der Waals surface area (Å²) in [6.07, 6.45) is 4.60. The average Bonchev–Trinajstić information content (AvgIpc) is 2.69. The van der Waals surface area contributed by atoms with Gasteiger partial charge in [0.2, 0.25) is 0 Å². The first-order valence-corrected chi connectivity index (χ1v) is 11.0. The topological polar surface area (TPSA) is 76.1 Å². The number of nitrogens with one attached hydrogen (secondary N) is 1. The fraction of sp³-hybridized carbons (Fsp3) is 0.364. The summed E-state index contributed by atoms with van der Waals surface area (Å²) in [4.78, 5) is 15.3. The van der Waals surface area contributed by atoms with Crippen molar-refractivity contribution < 1.29 is 13.2 Å². The molecule has 0 spiro atoms. The van der Waals surface area contributed by atoms with Gasteiger partial charge in [-0.1, -0.05) is 38.1 Å². The van der Waals surface area contributed by atoms with Crippen LogP contribution in [0.2, 0.25) is 0 Å². The maximum absolute atomic E-state index is 12.7. The number of aromatic nitrogens is 1. The standard InChI is InChI=1S/C22H26N2O3S/c1-15(2)17-6-4-7-18(12-17)19-10-11-22(23-13-19)28(26,27)24-21-9-5-8-20(14-25)16(21)3/h4,6-7,10-15,21,24H,5,8-9H2,1-3H3. The van der Waals surface area contributed by atoms with E-state index in [-0.39, 0.29) is 11.1 Å². The van der Waals surface area contributed by atoms with Crippen LogP contribution in [0.25, 0.3) is 11.1 Å². The summed E-state index contributed by atoms with van der Waals surface area (Å²) in [5, 5.41) is -0.0118. The first-order chi connectivity index (χ1) is 13.3. The molecule has 3 rings (SSSR count). The largest absolute Gasteiger partial charge is 0.298 e. The number of hydrogen-bond donors (Lipinski definition) is 1. The number of rotatable bonds is 6. The van der Waals surface area contributed by atoms with Crippen LogP contribution in [0.5, 0.6) is 0 Å². The highest BCUT2D eigenvalue weighted by molar-refractivity contribution is 7.89. The van der Waals surface area contributed by atoms with Crippen LogP contribution in [-0.2, 0) is 14.8 Å². The minimum atomic E-state index is -3.76. The lowest BCUT2D eigenvalue weighted by atomic mass is 9.90. The van der Waals surface area contributed by atoms with Gasteiger partial charge < -0.3 is 0 Å². The Balaban J connectivity index is 1.82. The summed E-state index contributed by atoms with van der Waals surface area (Å²) in [5.41, 5.74) is 4.59. The fourth-order valence-electron chi connectivity index (χ4n) is 3.47. The molecule has 0 saturated carbocycles. The van der Waals surface area contributed by atoms with Gasteiger partial charge in [0.1, 0.15) is 6.29 Å². The molecule has 5 nitrogen and oxygen atoms in total. The van der Waals surface area contributed by atoms with E-state index in [1.807, 2.05) is 19.1 Å². The first-order valence-electron chi connectivity index (χ1n) is 9.55. The summed E-state index contributed by atoms with van der Waals surface area (Å²) in [5.74, 6) is 0.416. The monoisotopic (exact) mass is 398 g/mol. The maximum atomic E-state index is 12.7. The van der Waals surface area contributed by atoms with Crippen molar-refractivity contribution in [2.24, 2.45) is 0 Å². The first kappa shape index (κ1) is 20.4. The number of allylic oxidation sites excluding steroid dienone is 1. The summed E-state index contributed by atoms with van der Waals surface area (Å²) < 4.78 is 28.2. The number of carbonyl (C=O) groups excluding carboxylic acids is 1. The van der Waals surface area contributed by atoms with Crippen LogP contribution < -0.4 is 4.72 Å². The normalized spacial score (nSPS) is 17.8. The minimum absolute atomic E-state index is 0.0118. The van der Waals surface area contributed by atoms with Crippen molar-refractivity contribution in [1.29, 1.82) is 0 Å². The SMILES string of the molecule is CC1=C(C=O)CCCC1NS(=O)(=O)c1ccc(-c2cccc(C(C)C)c2)cn1. The highest BCUT2D eigenvalue weighted by Crippen LogP contribution is 2.26. The Hall–Kier alpha value is -2.31. The number of sulfonamides is 1. The van der Waals surface area contributed by atoms with Gasteiger partial charge in [0, 0.05) is 17.8 Å². The maximum Gasteiger partial charge on any atom is 0.258 e. The van der Waals surface area contributed by atoms with Crippen LogP contribution in [0.15, 0.2) is 58.8 Å². The molecule has 1 atom stereocenters. The van der Waals surface area contributed by atoms with E-state index in [9.17, 15) is 13.2 Å². The summed E-state index contributed by atoms with van der Waals surface area (Å²) in [6.45, 7) is 6.08. The molecular weight excluding hydrogens is 372 g/mol. The molecule has 28 heavy (non-hydrogen) atoms. The smallest absolute Gasteiger partial charge is 0.258 e. The van der Waals surface area contributed by atoms with Gasteiger partial charge in [-0.2, -0.15) is 0 Å². The van der Waals surface area contributed by atoms with E-state index in [4.69, 9.17) is 0 Å². The molecule has 1 aliphatic rings. The molecule has 0 saturated heterocycles. The van der Waals surface area contributed by atoms with Crippen molar-refractivity contribution in [3.8, 4) is 11.1 Å². The van der Waals surface area contributed by atoms with Crippen molar-refractivity contribution in [2.75, 3.05) is 0 Å². The second kappa shape index (κ2) is 8.37. The Morgan fingerprint density at radius 2 is 1.96 bits per heavy atom. The van der Waals surface area contributed by atoms with Crippen LogP contribution in [0.1, 0.15) is 51.5 Å². The van der Waals surface area contributed by atoms with E-state index in [0.29, 0.717) is 24.3 Å². The zero-order valence-corrected chi connectivity index (χ0v) is 17.3. The molecular formula is C22H26N2O3S. The van der Waals surface area contributed by atoms with Crippen LogP contribution in [0.4, 0.5) is 0 Å². The van der Waals surface area contributed by atoms with E-state index >= 15 is 0 Å². The third kappa shape index (κ3) is 4.39. The van der Waals surface area contributed by atoms with Gasteiger partial charge in [0.15, 0.2) is 5.03 Å². The number of hydrogen-bond acceptors (Lipinski definition) is 4. The van der Waals surface area contributed by atoms with Crippen LogP contribution in [-0.4, -0.2) is 25.7 Å². The summed E-state index contributed by atoms with van der Waals surface area (Å²) in [6, 6.07) is 11.1. The van der Waals surface area contributed by atoms with Gasteiger partial charge >= 0.3 is 0 Å². The lowest BCUT2D eigenvalue weighted by molar-refractivity contribution is -0.105. The van der Waals surface area contributed by atoms with E-state index < -0.39 is 10.0 Å². The van der Waals surface area contributed by atoms with E-state index in [0.717, 1.165) is 29.4 Å². The number of benzene rings is 1. The molecule has 0 radical (unpaired) electrons. The van der Waals surface area contributed by atoms with Gasteiger partial charge in [0.05, 0.1) is 0 Å². The molecule has 1 unspecified atom stereocenters. The molecule has 0 fully saturated rings. The predicted octanol–water partition coefficient (Wildman–Crippen LogP) is 4.22. The molecule has 148 valence electrons. The quantitative estimate of drug-likeness (QED) is 0.739. The van der Waals surface area contributed by atoms with E-state index in [2.05, 4.69) is 35.7 Å². The van der Waals surface area contributed by atoms with E-state index in [1.54, 1.807) is 12.3 Å². The Morgan fingerprint density at radius 1 is 1.18 bits per heavy atom. The van der Waals surface area contributed by atoms with Crippen LogP contribution in [0, 0.1) is 0 Å². The van der Waals surface area contributed by atoms with E-state index in [1.165, 1.54) is 11.6 Å². The molecule has 0 amide bonds. The Bertz CT molecular complexity index is 993. The molecule has 1 aromatic heterocycles. The molecule has 1 N–H and O–H groups in total. The second-order valence-corrected chi connectivity index (χ2v) is 9.22. The minimum Gasteiger partial charge on any atom is -0.298 e. The molecule has 1 heterocycles. The van der Waals surface area contributed by atoms with Gasteiger partial charge in [0.25, 0.3) is 10.0 Å². The number of pyridine rings is 1. The van der Waals surface area contributed by atoms with Crippen LogP contribution in [0.3, 0.4) is 0 Å². The number of aldehydes is 1. The van der Waals surface area contributed by atoms with Crippen LogP contribution >= 0.6 is 0 Å². The van der Waals surface area contributed by atoms with Crippen molar-refractivity contribution in [3.63, 3.8) is 0 Å². The highest BCUT2D eigenvalue weighted by atomic mass is 32.2. The zero-order chi connectivity index (χ0) is 20.3. The molecule has 6 heteroatoms. The third-order valence-corrected chi connectivity index (χ3v) is 6.69. The highest BCUT2D eigenvalue weighted by Gasteiger charge is 2.26.